The SMILES string of the molecule is NC(=S)Oc1cccc(C(F)(F)F)c1. The summed E-state index contributed by atoms with van der Waals surface area (Å²) in [6, 6.07) is 4.33. The molecular weight excluding hydrogens is 215 g/mol. The Morgan fingerprint density at radius 3 is 2.50 bits per heavy atom. The maximum absolute atomic E-state index is 12.2. The molecule has 0 amide bonds. The van der Waals surface area contributed by atoms with E-state index in [9.17, 15) is 13.2 Å². The smallest absolute Gasteiger partial charge is 0.416 e. The first kappa shape index (κ1) is 10.8. The van der Waals surface area contributed by atoms with Crippen LogP contribution < -0.4 is 10.5 Å². The third-order valence-electron chi connectivity index (χ3n) is 1.38. The summed E-state index contributed by atoms with van der Waals surface area (Å²) in [5.41, 5.74) is 4.21. The van der Waals surface area contributed by atoms with Crippen LogP contribution in [0.5, 0.6) is 5.75 Å². The number of nitrogens with two attached hydrogens (primary N) is 1. The fourth-order valence-electron chi connectivity index (χ4n) is 0.852. The average molecular weight is 221 g/mol. The van der Waals surface area contributed by atoms with Crippen LogP contribution in [-0.4, -0.2) is 5.17 Å². The minimum absolute atomic E-state index is 0.0210. The number of rotatable bonds is 1. The second-order valence-corrected chi connectivity index (χ2v) is 2.85. The molecule has 14 heavy (non-hydrogen) atoms. The van der Waals surface area contributed by atoms with Gasteiger partial charge in [-0.15, -0.1) is 0 Å². The second kappa shape index (κ2) is 3.83. The molecule has 6 heteroatoms. The number of alkyl halides is 3. The summed E-state index contributed by atoms with van der Waals surface area (Å²) in [5.74, 6) is -0.0210. The molecule has 0 atom stereocenters. The van der Waals surface area contributed by atoms with Gasteiger partial charge in [-0.2, -0.15) is 13.2 Å². The Bertz CT molecular complexity index is 351. The van der Waals surface area contributed by atoms with E-state index in [1.54, 1.807) is 0 Å². The van der Waals surface area contributed by atoms with Crippen molar-refractivity contribution in [3.8, 4) is 5.75 Å². The lowest BCUT2D eigenvalue weighted by molar-refractivity contribution is -0.137. The summed E-state index contributed by atoms with van der Waals surface area (Å²) < 4.78 is 41.2. The maximum Gasteiger partial charge on any atom is 0.416 e. The fourth-order valence-corrected chi connectivity index (χ4v) is 0.948. The Labute approximate surface area is 83.5 Å². The lowest BCUT2D eigenvalue weighted by Gasteiger charge is -2.08. The largest absolute Gasteiger partial charge is 0.432 e. The van der Waals surface area contributed by atoms with Crippen LogP contribution in [0.3, 0.4) is 0 Å². The van der Waals surface area contributed by atoms with Crippen LogP contribution in [0.25, 0.3) is 0 Å². The molecule has 1 aromatic rings. The molecule has 0 spiro atoms. The van der Waals surface area contributed by atoms with E-state index in [0.29, 0.717) is 0 Å². The van der Waals surface area contributed by atoms with Crippen molar-refractivity contribution in [1.29, 1.82) is 0 Å². The Kier molecular flexibility index (Phi) is 2.95. The predicted molar refractivity (Wildman–Crippen MR) is 48.9 cm³/mol. The summed E-state index contributed by atoms with van der Waals surface area (Å²) in [6.07, 6.45) is -4.39. The topological polar surface area (TPSA) is 35.2 Å². The van der Waals surface area contributed by atoms with E-state index in [1.165, 1.54) is 12.1 Å². The number of thiocarbonyl (C=S) groups is 1. The highest BCUT2D eigenvalue weighted by Crippen LogP contribution is 2.31. The minimum atomic E-state index is -4.39. The van der Waals surface area contributed by atoms with Gasteiger partial charge in [0.2, 0.25) is 0 Å². The molecule has 0 radical (unpaired) electrons. The molecule has 2 N–H and O–H groups in total. The molecule has 0 aliphatic carbocycles. The van der Waals surface area contributed by atoms with Gasteiger partial charge in [-0.3, -0.25) is 0 Å². The fraction of sp³-hybridized carbons (Fsp3) is 0.125. The van der Waals surface area contributed by atoms with Gasteiger partial charge in [0.1, 0.15) is 5.75 Å². The summed E-state index contributed by atoms with van der Waals surface area (Å²) >= 11 is 4.39. The van der Waals surface area contributed by atoms with Gasteiger partial charge in [-0.1, -0.05) is 6.07 Å². The Morgan fingerprint density at radius 1 is 1.36 bits per heavy atom. The van der Waals surface area contributed by atoms with E-state index in [1.807, 2.05) is 0 Å². The standard InChI is InChI=1S/C8H6F3NOS/c9-8(10,11)5-2-1-3-6(4-5)13-7(12)14/h1-4H,(H2,12,14). The van der Waals surface area contributed by atoms with Crippen LogP contribution in [0.2, 0.25) is 0 Å². The van der Waals surface area contributed by atoms with E-state index >= 15 is 0 Å². The van der Waals surface area contributed by atoms with Gasteiger partial charge in [0.15, 0.2) is 0 Å². The number of benzene rings is 1. The van der Waals surface area contributed by atoms with E-state index in [2.05, 4.69) is 17.0 Å². The average Bonchev–Trinajstić information content (AvgIpc) is 2.01. The van der Waals surface area contributed by atoms with Gasteiger partial charge in [-0.25, -0.2) is 0 Å². The van der Waals surface area contributed by atoms with E-state index < -0.39 is 11.7 Å². The predicted octanol–water partition coefficient (Wildman–Crippen LogP) is 2.33. The minimum Gasteiger partial charge on any atom is -0.432 e. The third-order valence-corrected chi connectivity index (χ3v) is 1.46. The van der Waals surface area contributed by atoms with Gasteiger partial charge in [0.25, 0.3) is 5.17 Å². The molecule has 0 saturated heterocycles. The maximum atomic E-state index is 12.2. The molecule has 0 aromatic heterocycles. The van der Waals surface area contributed by atoms with E-state index in [4.69, 9.17) is 5.73 Å². The molecule has 76 valence electrons. The normalized spacial score (nSPS) is 11.1. The lowest BCUT2D eigenvalue weighted by atomic mass is 10.2. The van der Waals surface area contributed by atoms with Crippen molar-refractivity contribution in [3.05, 3.63) is 29.8 Å². The molecule has 1 rings (SSSR count). The molecule has 0 aliphatic rings. The van der Waals surface area contributed by atoms with E-state index in [0.717, 1.165) is 12.1 Å². The van der Waals surface area contributed by atoms with Crippen LogP contribution in [0.15, 0.2) is 24.3 Å². The molecule has 0 fully saturated rings. The van der Waals surface area contributed by atoms with Gasteiger partial charge in [-0.05, 0) is 30.4 Å². The zero-order chi connectivity index (χ0) is 10.8. The molecule has 0 saturated carbocycles. The van der Waals surface area contributed by atoms with Crippen molar-refractivity contribution in [1.82, 2.24) is 0 Å². The highest BCUT2D eigenvalue weighted by atomic mass is 32.1. The first-order valence-electron chi connectivity index (χ1n) is 3.54. The molecule has 0 heterocycles. The van der Waals surface area contributed by atoms with Crippen molar-refractivity contribution in [3.63, 3.8) is 0 Å². The Hall–Kier alpha value is -1.30. The summed E-state index contributed by atoms with van der Waals surface area (Å²) in [7, 11) is 0. The summed E-state index contributed by atoms with van der Waals surface area (Å²) in [6.45, 7) is 0. The van der Waals surface area contributed by atoms with Crippen molar-refractivity contribution >= 4 is 17.4 Å². The van der Waals surface area contributed by atoms with Crippen LogP contribution in [0, 0.1) is 0 Å². The van der Waals surface area contributed by atoms with Crippen molar-refractivity contribution < 1.29 is 17.9 Å². The van der Waals surface area contributed by atoms with E-state index in [-0.39, 0.29) is 10.9 Å². The van der Waals surface area contributed by atoms with Gasteiger partial charge in [0.05, 0.1) is 5.56 Å². The summed E-state index contributed by atoms with van der Waals surface area (Å²) in [5, 5.41) is -0.315. The monoisotopic (exact) mass is 221 g/mol. The molecule has 1 aromatic carbocycles. The lowest BCUT2D eigenvalue weighted by Crippen LogP contribution is -2.16. The van der Waals surface area contributed by atoms with Crippen molar-refractivity contribution in [2.24, 2.45) is 5.73 Å². The highest BCUT2D eigenvalue weighted by Gasteiger charge is 2.30. The highest BCUT2D eigenvalue weighted by molar-refractivity contribution is 7.80. The molecule has 0 unspecified atom stereocenters. The summed E-state index contributed by atoms with van der Waals surface area (Å²) in [4.78, 5) is 0. The first-order chi connectivity index (χ1) is 6.39. The third kappa shape index (κ3) is 2.88. The molecule has 2 nitrogen and oxygen atoms in total. The Morgan fingerprint density at radius 2 is 2.00 bits per heavy atom. The van der Waals surface area contributed by atoms with Crippen molar-refractivity contribution in [2.75, 3.05) is 0 Å². The van der Waals surface area contributed by atoms with Gasteiger partial charge >= 0.3 is 6.18 Å². The van der Waals surface area contributed by atoms with Crippen LogP contribution in [-0.2, 0) is 6.18 Å². The number of halogens is 3. The number of hydrogen-bond acceptors (Lipinski definition) is 2. The zero-order valence-electron chi connectivity index (χ0n) is 6.84. The zero-order valence-corrected chi connectivity index (χ0v) is 7.65. The van der Waals surface area contributed by atoms with Gasteiger partial charge in [0, 0.05) is 0 Å². The molecule has 0 aliphatic heterocycles. The van der Waals surface area contributed by atoms with Crippen LogP contribution in [0.4, 0.5) is 13.2 Å². The quantitative estimate of drug-likeness (QED) is 0.739. The Balaban J connectivity index is 2.95. The second-order valence-electron chi connectivity index (χ2n) is 2.45. The molecule has 0 bridgehead atoms. The van der Waals surface area contributed by atoms with Gasteiger partial charge < -0.3 is 10.5 Å². The van der Waals surface area contributed by atoms with Crippen molar-refractivity contribution in [2.45, 2.75) is 6.18 Å². The first-order valence-corrected chi connectivity index (χ1v) is 3.95. The molecular formula is C8H6F3NOS. The number of ether oxygens (including phenoxy) is 1. The van der Waals surface area contributed by atoms with Crippen LogP contribution >= 0.6 is 12.2 Å². The number of hydrogen-bond donors (Lipinski definition) is 1. The van der Waals surface area contributed by atoms with Crippen LogP contribution in [0.1, 0.15) is 5.56 Å².